The first-order chi connectivity index (χ1) is 15.7. The van der Waals surface area contributed by atoms with Crippen LogP contribution in [-0.4, -0.2) is 32.7 Å². The van der Waals surface area contributed by atoms with E-state index >= 15 is 0 Å². The molecule has 0 aliphatic heterocycles. The molecule has 0 unspecified atom stereocenters. The lowest BCUT2D eigenvalue weighted by Gasteiger charge is -2.11. The van der Waals surface area contributed by atoms with Gasteiger partial charge in [0.05, 0.1) is 17.6 Å². The number of nitrogens with two attached hydrogens (primary N) is 1. The number of para-hydroxylation sites is 2. The molecule has 8 heteroatoms. The quantitative estimate of drug-likeness (QED) is 0.320. The molecule has 0 bridgehead atoms. The van der Waals surface area contributed by atoms with Gasteiger partial charge in [-0.2, -0.15) is 0 Å². The predicted octanol–water partition coefficient (Wildman–Crippen LogP) is 4.39. The van der Waals surface area contributed by atoms with Crippen LogP contribution in [0.4, 0.5) is 5.82 Å². The minimum atomic E-state index is 0.180. The average Bonchev–Trinajstić information content (AvgIpc) is 3.42. The molecule has 158 valence electrons. The highest BCUT2D eigenvalue weighted by Gasteiger charge is 2.20. The minimum Gasteiger partial charge on any atom is -0.399 e. The fourth-order valence-electron chi connectivity index (χ4n) is 3.69. The SMILES string of the molecule is CON=C(Cn1c(-c2nonc2N)nc2ccccc21)c1ccc(-c2ccccc2)cc1. The summed E-state index contributed by atoms with van der Waals surface area (Å²) in [6.45, 7) is 0.390. The third-order valence-electron chi connectivity index (χ3n) is 5.21. The average molecular weight is 424 g/mol. The van der Waals surface area contributed by atoms with Gasteiger partial charge in [-0.05, 0) is 33.6 Å². The number of hydrogen-bond donors (Lipinski definition) is 1. The molecule has 0 saturated carbocycles. The molecule has 2 aromatic heterocycles. The maximum Gasteiger partial charge on any atom is 0.199 e. The first-order valence-corrected chi connectivity index (χ1v) is 10.0. The van der Waals surface area contributed by atoms with Crippen LogP contribution in [0.2, 0.25) is 0 Å². The topological polar surface area (TPSA) is 104 Å². The number of nitrogens with zero attached hydrogens (tertiary/aromatic N) is 5. The largest absolute Gasteiger partial charge is 0.399 e. The van der Waals surface area contributed by atoms with Crippen molar-refractivity contribution in [3.63, 3.8) is 0 Å². The molecule has 5 aromatic rings. The highest BCUT2D eigenvalue weighted by molar-refractivity contribution is 6.01. The second-order valence-corrected chi connectivity index (χ2v) is 7.17. The monoisotopic (exact) mass is 424 g/mol. The third-order valence-corrected chi connectivity index (χ3v) is 5.21. The van der Waals surface area contributed by atoms with Crippen molar-refractivity contribution < 1.29 is 9.47 Å². The van der Waals surface area contributed by atoms with Crippen molar-refractivity contribution in [3.05, 3.63) is 84.4 Å². The lowest BCUT2D eigenvalue weighted by Crippen LogP contribution is -2.14. The van der Waals surface area contributed by atoms with E-state index in [1.54, 1.807) is 0 Å². The predicted molar refractivity (Wildman–Crippen MR) is 123 cm³/mol. The van der Waals surface area contributed by atoms with Gasteiger partial charge in [0.15, 0.2) is 17.3 Å². The number of imidazole rings is 1. The normalized spacial score (nSPS) is 11.7. The second-order valence-electron chi connectivity index (χ2n) is 7.17. The second kappa shape index (κ2) is 8.35. The Bertz CT molecular complexity index is 1390. The number of rotatable bonds is 6. The summed E-state index contributed by atoms with van der Waals surface area (Å²) in [7, 11) is 1.53. The van der Waals surface area contributed by atoms with Crippen molar-refractivity contribution >= 4 is 22.6 Å². The van der Waals surface area contributed by atoms with E-state index in [9.17, 15) is 0 Å². The summed E-state index contributed by atoms with van der Waals surface area (Å²) in [6.07, 6.45) is 0. The Kier molecular flexibility index (Phi) is 5.09. The molecule has 0 aliphatic rings. The Labute approximate surface area is 183 Å². The summed E-state index contributed by atoms with van der Waals surface area (Å²) in [6, 6.07) is 26.2. The van der Waals surface area contributed by atoms with E-state index in [2.05, 4.69) is 39.7 Å². The lowest BCUT2D eigenvalue weighted by molar-refractivity contribution is 0.212. The molecule has 2 N–H and O–H groups in total. The van der Waals surface area contributed by atoms with Crippen molar-refractivity contribution in [1.29, 1.82) is 0 Å². The summed E-state index contributed by atoms with van der Waals surface area (Å²) in [5, 5.41) is 11.9. The van der Waals surface area contributed by atoms with E-state index < -0.39 is 0 Å². The van der Waals surface area contributed by atoms with Gasteiger partial charge in [0.2, 0.25) is 0 Å². The van der Waals surface area contributed by atoms with E-state index in [-0.39, 0.29) is 5.82 Å². The van der Waals surface area contributed by atoms with Crippen LogP contribution in [0.25, 0.3) is 33.7 Å². The van der Waals surface area contributed by atoms with E-state index in [1.165, 1.54) is 7.11 Å². The smallest absolute Gasteiger partial charge is 0.199 e. The van der Waals surface area contributed by atoms with Crippen molar-refractivity contribution in [1.82, 2.24) is 19.9 Å². The molecule has 0 saturated heterocycles. The zero-order valence-corrected chi connectivity index (χ0v) is 17.3. The van der Waals surface area contributed by atoms with Crippen LogP contribution in [0.15, 0.2) is 88.6 Å². The van der Waals surface area contributed by atoms with Crippen LogP contribution in [0, 0.1) is 0 Å². The van der Waals surface area contributed by atoms with Gasteiger partial charge in [-0.15, -0.1) is 0 Å². The van der Waals surface area contributed by atoms with Gasteiger partial charge in [-0.3, -0.25) is 0 Å². The number of nitrogen functional groups attached to an aromatic ring is 1. The molecule has 3 aromatic carbocycles. The molecule has 0 aliphatic carbocycles. The van der Waals surface area contributed by atoms with Gasteiger partial charge in [0.1, 0.15) is 12.8 Å². The number of oxime groups is 1. The summed E-state index contributed by atoms with van der Waals surface area (Å²) in [4.78, 5) is 9.87. The summed E-state index contributed by atoms with van der Waals surface area (Å²) >= 11 is 0. The Morgan fingerprint density at radius 1 is 0.938 bits per heavy atom. The van der Waals surface area contributed by atoms with E-state index in [4.69, 9.17) is 20.2 Å². The number of hydrogen-bond acceptors (Lipinski definition) is 7. The maximum absolute atomic E-state index is 5.96. The maximum atomic E-state index is 5.96. The van der Waals surface area contributed by atoms with Crippen LogP contribution in [0.1, 0.15) is 5.56 Å². The van der Waals surface area contributed by atoms with Crippen LogP contribution in [0.3, 0.4) is 0 Å². The molecule has 0 amide bonds. The molecule has 32 heavy (non-hydrogen) atoms. The molecule has 0 atom stereocenters. The van der Waals surface area contributed by atoms with Gasteiger partial charge < -0.3 is 15.1 Å². The van der Waals surface area contributed by atoms with Gasteiger partial charge in [0, 0.05) is 5.56 Å². The highest BCUT2D eigenvalue weighted by atomic mass is 16.6. The Balaban J connectivity index is 1.56. The van der Waals surface area contributed by atoms with E-state index in [1.807, 2.05) is 59.2 Å². The first-order valence-electron chi connectivity index (χ1n) is 10.0. The van der Waals surface area contributed by atoms with Gasteiger partial charge in [-0.25, -0.2) is 9.61 Å². The Morgan fingerprint density at radius 2 is 1.66 bits per heavy atom. The summed E-state index contributed by atoms with van der Waals surface area (Å²) < 4.78 is 6.79. The van der Waals surface area contributed by atoms with E-state index in [0.29, 0.717) is 18.1 Å². The van der Waals surface area contributed by atoms with Crippen molar-refractivity contribution in [2.45, 2.75) is 6.54 Å². The van der Waals surface area contributed by atoms with E-state index in [0.717, 1.165) is 33.4 Å². The summed E-state index contributed by atoms with van der Waals surface area (Å²) in [5.74, 6) is 0.730. The molecular formula is C24H20N6O2. The van der Waals surface area contributed by atoms with Gasteiger partial charge >= 0.3 is 0 Å². The molecule has 0 radical (unpaired) electrons. The number of anilines is 1. The number of benzene rings is 3. The van der Waals surface area contributed by atoms with Crippen LogP contribution >= 0.6 is 0 Å². The number of aromatic nitrogens is 4. The molecule has 0 spiro atoms. The fraction of sp³-hybridized carbons (Fsp3) is 0.0833. The highest BCUT2D eigenvalue weighted by Crippen LogP contribution is 2.27. The first kappa shape index (κ1) is 19.5. The molecule has 5 rings (SSSR count). The molecule has 0 fully saturated rings. The Morgan fingerprint density at radius 3 is 2.38 bits per heavy atom. The Hall–Kier alpha value is -4.46. The van der Waals surface area contributed by atoms with Gasteiger partial charge in [0.25, 0.3) is 0 Å². The zero-order chi connectivity index (χ0) is 21.9. The van der Waals surface area contributed by atoms with Crippen molar-refractivity contribution in [2.24, 2.45) is 5.16 Å². The third kappa shape index (κ3) is 3.58. The number of fused-ring (bicyclic) bond motifs is 1. The van der Waals surface area contributed by atoms with Crippen molar-refractivity contribution in [2.75, 3.05) is 12.8 Å². The van der Waals surface area contributed by atoms with Crippen LogP contribution in [-0.2, 0) is 11.4 Å². The fourth-order valence-corrected chi connectivity index (χ4v) is 3.69. The molecule has 8 nitrogen and oxygen atoms in total. The lowest BCUT2D eigenvalue weighted by atomic mass is 10.0. The molecule has 2 heterocycles. The van der Waals surface area contributed by atoms with Gasteiger partial charge in [-0.1, -0.05) is 71.9 Å². The van der Waals surface area contributed by atoms with Crippen LogP contribution in [0.5, 0.6) is 0 Å². The van der Waals surface area contributed by atoms with Crippen molar-refractivity contribution in [3.8, 4) is 22.6 Å². The minimum absolute atomic E-state index is 0.180. The zero-order valence-electron chi connectivity index (χ0n) is 17.3. The summed E-state index contributed by atoms with van der Waals surface area (Å²) in [5.41, 5.74) is 12.0. The van der Waals surface area contributed by atoms with Crippen LogP contribution < -0.4 is 5.73 Å². The standard InChI is InChI=1S/C24H20N6O2/c1-31-27-20(18-13-11-17(12-14-18)16-7-3-2-4-8-16)15-30-21-10-6-5-9-19(21)26-24(30)22-23(25)29-32-28-22/h2-14H,15H2,1H3,(H2,25,29). The molecular weight excluding hydrogens is 404 g/mol.